The summed E-state index contributed by atoms with van der Waals surface area (Å²) >= 11 is 0. The Bertz CT molecular complexity index is 236. The van der Waals surface area contributed by atoms with Gasteiger partial charge in [0, 0.05) is 32.7 Å². The first kappa shape index (κ1) is 15.2. The highest BCUT2D eigenvalue weighted by Crippen LogP contribution is 2.02. The quantitative estimate of drug-likeness (QED) is 0.668. The van der Waals surface area contributed by atoms with Gasteiger partial charge in [0.25, 0.3) is 0 Å². The molecule has 0 bridgehead atoms. The van der Waals surface area contributed by atoms with Gasteiger partial charge in [-0.25, -0.2) is 4.79 Å². The fourth-order valence-electron chi connectivity index (χ4n) is 2.07. The van der Waals surface area contributed by atoms with E-state index in [1.165, 1.54) is 0 Å². The molecule has 0 aromatic heterocycles. The zero-order chi connectivity index (χ0) is 13.4. The Hall–Kier alpha value is -0.810. The Morgan fingerprint density at radius 2 is 1.78 bits per heavy atom. The number of rotatable bonds is 6. The summed E-state index contributed by atoms with van der Waals surface area (Å²) in [5, 5.41) is 0. The predicted octanol–water partition coefficient (Wildman–Crippen LogP) is 1.10. The van der Waals surface area contributed by atoms with E-state index in [-0.39, 0.29) is 6.09 Å². The van der Waals surface area contributed by atoms with Crippen LogP contribution in [0, 0.1) is 0 Å². The van der Waals surface area contributed by atoms with Gasteiger partial charge in [-0.3, -0.25) is 0 Å². The van der Waals surface area contributed by atoms with Gasteiger partial charge in [0.15, 0.2) is 0 Å². The lowest BCUT2D eigenvalue weighted by Crippen LogP contribution is -2.47. The molecule has 0 radical (unpaired) electrons. The van der Waals surface area contributed by atoms with Crippen LogP contribution in [0.25, 0.3) is 0 Å². The van der Waals surface area contributed by atoms with Gasteiger partial charge in [-0.1, -0.05) is 13.8 Å². The van der Waals surface area contributed by atoms with Gasteiger partial charge < -0.3 is 19.4 Å². The third-order valence-corrected chi connectivity index (χ3v) is 3.50. The molecule has 0 spiro atoms. The highest BCUT2D eigenvalue weighted by atomic mass is 16.6. The summed E-state index contributed by atoms with van der Waals surface area (Å²) in [6, 6.07) is 0. The van der Waals surface area contributed by atoms with Crippen LogP contribution < -0.4 is 0 Å². The van der Waals surface area contributed by atoms with Crippen molar-refractivity contribution in [1.82, 2.24) is 14.7 Å². The van der Waals surface area contributed by atoms with E-state index in [1.807, 2.05) is 0 Å². The third-order valence-electron chi connectivity index (χ3n) is 3.50. The van der Waals surface area contributed by atoms with E-state index in [4.69, 9.17) is 4.74 Å². The first-order valence-electron chi connectivity index (χ1n) is 7.00. The van der Waals surface area contributed by atoms with Crippen LogP contribution in [0.3, 0.4) is 0 Å². The van der Waals surface area contributed by atoms with Crippen molar-refractivity contribution in [3.8, 4) is 0 Å². The minimum absolute atomic E-state index is 0.150. The summed E-state index contributed by atoms with van der Waals surface area (Å²) in [7, 11) is 2.08. The van der Waals surface area contributed by atoms with E-state index in [9.17, 15) is 4.79 Å². The number of carbonyl (C=O) groups excluding carboxylic acids is 1. The van der Waals surface area contributed by atoms with Gasteiger partial charge in [-0.2, -0.15) is 0 Å². The second-order valence-corrected chi connectivity index (χ2v) is 4.79. The van der Waals surface area contributed by atoms with E-state index >= 15 is 0 Å². The third kappa shape index (κ3) is 5.23. The number of piperazine rings is 1. The zero-order valence-corrected chi connectivity index (χ0v) is 12.0. The molecular weight excluding hydrogens is 230 g/mol. The van der Waals surface area contributed by atoms with Crippen LogP contribution in [0.1, 0.15) is 20.3 Å². The van der Waals surface area contributed by atoms with Gasteiger partial charge in [-0.15, -0.1) is 0 Å². The second kappa shape index (κ2) is 8.32. The molecule has 1 aliphatic heterocycles. The average molecular weight is 257 g/mol. The molecule has 1 fully saturated rings. The molecular formula is C13H27N3O2. The Labute approximate surface area is 111 Å². The molecule has 0 N–H and O–H groups in total. The molecule has 0 unspecified atom stereocenters. The van der Waals surface area contributed by atoms with Crippen LogP contribution in [0.5, 0.6) is 0 Å². The molecule has 1 amide bonds. The Kier molecular flexibility index (Phi) is 7.05. The predicted molar refractivity (Wildman–Crippen MR) is 72.8 cm³/mol. The van der Waals surface area contributed by atoms with Crippen molar-refractivity contribution >= 4 is 6.09 Å². The first-order valence-corrected chi connectivity index (χ1v) is 7.00. The number of ether oxygens (including phenoxy) is 1. The standard InChI is InChI=1S/C13H27N3O2/c1-4-15(5-2)7-6-12-18-13(17)16-10-8-14(3)9-11-16/h4-12H2,1-3H3. The van der Waals surface area contributed by atoms with Crippen LogP contribution in [0.4, 0.5) is 4.79 Å². The van der Waals surface area contributed by atoms with Crippen LogP contribution >= 0.6 is 0 Å². The van der Waals surface area contributed by atoms with Crippen molar-refractivity contribution < 1.29 is 9.53 Å². The number of amides is 1. The summed E-state index contributed by atoms with van der Waals surface area (Å²) in [4.78, 5) is 18.1. The minimum Gasteiger partial charge on any atom is -0.449 e. The monoisotopic (exact) mass is 257 g/mol. The lowest BCUT2D eigenvalue weighted by atomic mass is 10.3. The van der Waals surface area contributed by atoms with Crippen molar-refractivity contribution in [2.75, 3.05) is 59.5 Å². The van der Waals surface area contributed by atoms with Gasteiger partial charge >= 0.3 is 6.09 Å². The smallest absolute Gasteiger partial charge is 0.409 e. The largest absolute Gasteiger partial charge is 0.449 e. The van der Waals surface area contributed by atoms with Crippen molar-refractivity contribution in [2.24, 2.45) is 0 Å². The van der Waals surface area contributed by atoms with Crippen molar-refractivity contribution in [3.05, 3.63) is 0 Å². The number of hydrogen-bond donors (Lipinski definition) is 0. The highest BCUT2D eigenvalue weighted by Gasteiger charge is 2.19. The van der Waals surface area contributed by atoms with Gasteiger partial charge in [0.2, 0.25) is 0 Å². The van der Waals surface area contributed by atoms with Crippen LogP contribution in [0.15, 0.2) is 0 Å². The summed E-state index contributed by atoms with van der Waals surface area (Å²) in [6.45, 7) is 11.4. The summed E-state index contributed by atoms with van der Waals surface area (Å²) in [5.74, 6) is 0. The van der Waals surface area contributed by atoms with Gasteiger partial charge in [0.1, 0.15) is 0 Å². The number of nitrogens with zero attached hydrogens (tertiary/aromatic N) is 3. The number of likely N-dealkylation sites (N-methyl/N-ethyl adjacent to an activating group) is 1. The Balaban J connectivity index is 2.10. The molecule has 1 saturated heterocycles. The molecule has 0 atom stereocenters. The van der Waals surface area contributed by atoms with Gasteiger partial charge in [0.05, 0.1) is 6.61 Å². The number of carbonyl (C=O) groups is 1. The molecule has 5 nitrogen and oxygen atoms in total. The van der Waals surface area contributed by atoms with Crippen molar-refractivity contribution in [1.29, 1.82) is 0 Å². The summed E-state index contributed by atoms with van der Waals surface area (Å²) in [5.41, 5.74) is 0. The van der Waals surface area contributed by atoms with Crippen molar-refractivity contribution in [2.45, 2.75) is 20.3 Å². The van der Waals surface area contributed by atoms with E-state index in [0.29, 0.717) is 6.61 Å². The average Bonchev–Trinajstić information content (AvgIpc) is 2.39. The van der Waals surface area contributed by atoms with E-state index < -0.39 is 0 Å². The second-order valence-electron chi connectivity index (χ2n) is 4.79. The Morgan fingerprint density at radius 1 is 1.17 bits per heavy atom. The molecule has 106 valence electrons. The number of hydrogen-bond acceptors (Lipinski definition) is 4. The zero-order valence-electron chi connectivity index (χ0n) is 12.0. The molecule has 1 rings (SSSR count). The Morgan fingerprint density at radius 3 is 2.33 bits per heavy atom. The topological polar surface area (TPSA) is 36.0 Å². The summed E-state index contributed by atoms with van der Waals surface area (Å²) < 4.78 is 5.30. The molecule has 1 aliphatic rings. The van der Waals surface area contributed by atoms with Crippen LogP contribution in [-0.4, -0.2) is 80.3 Å². The van der Waals surface area contributed by atoms with E-state index in [1.54, 1.807) is 4.90 Å². The van der Waals surface area contributed by atoms with Gasteiger partial charge in [-0.05, 0) is 26.6 Å². The minimum atomic E-state index is -0.150. The fraction of sp³-hybridized carbons (Fsp3) is 0.923. The normalized spacial score (nSPS) is 17.2. The fourth-order valence-corrected chi connectivity index (χ4v) is 2.07. The van der Waals surface area contributed by atoms with Crippen LogP contribution in [0.2, 0.25) is 0 Å². The molecule has 0 saturated carbocycles. The lowest BCUT2D eigenvalue weighted by Gasteiger charge is -2.31. The summed E-state index contributed by atoms with van der Waals surface area (Å²) in [6.07, 6.45) is 0.767. The molecule has 0 aromatic carbocycles. The SMILES string of the molecule is CCN(CC)CCCOC(=O)N1CCN(C)CC1. The molecule has 18 heavy (non-hydrogen) atoms. The maximum absolute atomic E-state index is 11.8. The van der Waals surface area contributed by atoms with E-state index in [2.05, 4.69) is 30.7 Å². The maximum atomic E-state index is 11.8. The first-order chi connectivity index (χ1) is 8.67. The van der Waals surface area contributed by atoms with Crippen LogP contribution in [-0.2, 0) is 4.74 Å². The maximum Gasteiger partial charge on any atom is 0.409 e. The molecule has 5 heteroatoms. The molecule has 0 aromatic rings. The van der Waals surface area contributed by atoms with E-state index in [0.717, 1.165) is 52.2 Å². The lowest BCUT2D eigenvalue weighted by molar-refractivity contribution is 0.0788. The van der Waals surface area contributed by atoms with Crippen molar-refractivity contribution in [3.63, 3.8) is 0 Å². The molecule has 1 heterocycles. The molecule has 0 aliphatic carbocycles. The highest BCUT2D eigenvalue weighted by molar-refractivity contribution is 5.67.